The predicted octanol–water partition coefficient (Wildman–Crippen LogP) is 1.68. The molecule has 1 atom stereocenters. The van der Waals surface area contributed by atoms with E-state index in [2.05, 4.69) is 22.9 Å². The van der Waals surface area contributed by atoms with E-state index in [1.807, 2.05) is 0 Å². The lowest BCUT2D eigenvalue weighted by Crippen LogP contribution is -2.32. The number of halogens is 1. The van der Waals surface area contributed by atoms with Crippen LogP contribution in [0, 0.1) is 11.8 Å². The maximum absolute atomic E-state index is 12.3. The Hall–Kier alpha value is -2.12. The molecule has 0 radical (unpaired) electrons. The van der Waals surface area contributed by atoms with Crippen LogP contribution in [0.3, 0.4) is 0 Å². The average molecular weight is 397 g/mol. The Morgan fingerprint density at radius 2 is 1.96 bits per heavy atom. The number of rotatable bonds is 8. The van der Waals surface area contributed by atoms with E-state index in [1.165, 1.54) is 0 Å². The molecule has 27 heavy (non-hydrogen) atoms. The molecule has 3 amide bonds. The molecule has 1 aliphatic heterocycles. The number of hydrogen-bond donors (Lipinski definition) is 4. The number of piperidine rings is 1. The number of carbonyl (C=O) groups is 3. The highest BCUT2D eigenvalue weighted by molar-refractivity contribution is 5.97. The molecule has 0 aliphatic carbocycles. The minimum Gasteiger partial charge on any atom is -0.370 e. The van der Waals surface area contributed by atoms with Crippen molar-refractivity contribution in [3.63, 3.8) is 0 Å². The predicted molar refractivity (Wildman–Crippen MR) is 108 cm³/mol. The summed E-state index contributed by atoms with van der Waals surface area (Å²) in [6.07, 6.45) is 2.78. The minimum atomic E-state index is -0.464. The molecular formula is C19H29ClN4O3. The third kappa shape index (κ3) is 7.97. The number of hydrogen-bond acceptors (Lipinski definition) is 4. The molecule has 1 aliphatic rings. The van der Waals surface area contributed by atoms with Crippen LogP contribution in [0.25, 0.3) is 0 Å². The van der Waals surface area contributed by atoms with Crippen LogP contribution in [0.2, 0.25) is 0 Å². The number of anilines is 1. The Bertz CT molecular complexity index is 648. The molecule has 0 bridgehead atoms. The van der Waals surface area contributed by atoms with E-state index in [1.54, 1.807) is 24.3 Å². The van der Waals surface area contributed by atoms with Crippen molar-refractivity contribution in [3.05, 3.63) is 29.8 Å². The molecule has 150 valence electrons. The Labute approximate surface area is 166 Å². The topological polar surface area (TPSA) is 113 Å². The van der Waals surface area contributed by atoms with Gasteiger partial charge in [0.2, 0.25) is 11.8 Å². The zero-order chi connectivity index (χ0) is 18.9. The summed E-state index contributed by atoms with van der Waals surface area (Å²) in [5, 5.41) is 8.84. The third-order valence-electron chi connectivity index (χ3n) is 4.76. The second-order valence-electron chi connectivity index (χ2n) is 6.87. The monoisotopic (exact) mass is 396 g/mol. The molecule has 5 N–H and O–H groups in total. The molecule has 1 saturated heterocycles. The van der Waals surface area contributed by atoms with Crippen molar-refractivity contribution in [3.8, 4) is 0 Å². The number of benzene rings is 1. The van der Waals surface area contributed by atoms with Crippen molar-refractivity contribution >= 4 is 35.8 Å². The Morgan fingerprint density at radius 3 is 2.63 bits per heavy atom. The number of nitrogens with two attached hydrogens (primary N) is 1. The van der Waals surface area contributed by atoms with Gasteiger partial charge in [-0.25, -0.2) is 0 Å². The highest BCUT2D eigenvalue weighted by Gasteiger charge is 2.22. The Balaban J connectivity index is 0.00000364. The summed E-state index contributed by atoms with van der Waals surface area (Å²) >= 11 is 0. The molecule has 7 nitrogen and oxygen atoms in total. The normalized spacial score (nSPS) is 15.3. The molecule has 1 aromatic rings. The number of carbonyl (C=O) groups excluding carboxylic acids is 3. The van der Waals surface area contributed by atoms with Crippen molar-refractivity contribution in [2.45, 2.75) is 32.6 Å². The van der Waals surface area contributed by atoms with Crippen LogP contribution in [-0.4, -0.2) is 37.4 Å². The Morgan fingerprint density at radius 1 is 1.26 bits per heavy atom. The van der Waals surface area contributed by atoms with Gasteiger partial charge in [-0.3, -0.25) is 14.4 Å². The maximum Gasteiger partial charge on any atom is 0.251 e. The third-order valence-corrected chi connectivity index (χ3v) is 4.76. The van der Waals surface area contributed by atoms with Gasteiger partial charge in [0, 0.05) is 30.6 Å². The summed E-state index contributed by atoms with van der Waals surface area (Å²) in [5.41, 5.74) is 6.07. The van der Waals surface area contributed by atoms with Gasteiger partial charge in [0.15, 0.2) is 0 Å². The highest BCUT2D eigenvalue weighted by atomic mass is 35.5. The molecule has 0 spiro atoms. The van der Waals surface area contributed by atoms with Gasteiger partial charge in [0.05, 0.1) is 0 Å². The first kappa shape index (κ1) is 22.9. The van der Waals surface area contributed by atoms with E-state index in [-0.39, 0.29) is 37.2 Å². The summed E-state index contributed by atoms with van der Waals surface area (Å²) in [6, 6.07) is 6.77. The molecule has 1 unspecified atom stereocenters. The zero-order valence-electron chi connectivity index (χ0n) is 15.6. The number of amides is 3. The average Bonchev–Trinajstić information content (AvgIpc) is 2.62. The van der Waals surface area contributed by atoms with Crippen LogP contribution in [0.4, 0.5) is 5.69 Å². The fraction of sp³-hybridized carbons (Fsp3) is 0.526. The van der Waals surface area contributed by atoms with E-state index in [4.69, 9.17) is 5.73 Å². The van der Waals surface area contributed by atoms with Crippen molar-refractivity contribution in [1.82, 2.24) is 10.6 Å². The first-order valence-electron chi connectivity index (χ1n) is 9.13. The smallest absolute Gasteiger partial charge is 0.251 e. The Kier molecular flexibility index (Phi) is 9.82. The van der Waals surface area contributed by atoms with E-state index >= 15 is 0 Å². The summed E-state index contributed by atoms with van der Waals surface area (Å²) in [5.74, 6) is 0.101. The van der Waals surface area contributed by atoms with Crippen LogP contribution in [0.15, 0.2) is 24.3 Å². The summed E-state index contributed by atoms with van der Waals surface area (Å²) < 4.78 is 0. The lowest BCUT2D eigenvalue weighted by molar-refractivity contribution is -0.118. The molecule has 0 aromatic heterocycles. The van der Waals surface area contributed by atoms with Crippen LogP contribution in [0.1, 0.15) is 43.0 Å². The van der Waals surface area contributed by atoms with E-state index < -0.39 is 5.91 Å². The summed E-state index contributed by atoms with van der Waals surface area (Å²) in [6.45, 7) is 4.35. The first-order valence-corrected chi connectivity index (χ1v) is 9.13. The lowest BCUT2D eigenvalue weighted by Gasteiger charge is -2.27. The van der Waals surface area contributed by atoms with Crippen molar-refractivity contribution in [1.29, 1.82) is 0 Å². The van der Waals surface area contributed by atoms with Crippen LogP contribution >= 0.6 is 12.4 Å². The minimum absolute atomic E-state index is 0. The SMILES string of the molecule is CC(CC(=O)Nc1cccc(C(=O)NCCC(N)=O)c1)C1CCNCC1.Cl. The van der Waals surface area contributed by atoms with Gasteiger partial charge in [-0.05, 0) is 56.0 Å². The maximum atomic E-state index is 12.3. The molecule has 1 aromatic carbocycles. The second kappa shape index (κ2) is 11.6. The van der Waals surface area contributed by atoms with Gasteiger partial charge < -0.3 is 21.7 Å². The van der Waals surface area contributed by atoms with Crippen LogP contribution in [0.5, 0.6) is 0 Å². The number of nitrogens with one attached hydrogen (secondary N) is 3. The van der Waals surface area contributed by atoms with Gasteiger partial charge in [-0.15, -0.1) is 12.4 Å². The van der Waals surface area contributed by atoms with Crippen LogP contribution < -0.4 is 21.7 Å². The van der Waals surface area contributed by atoms with Crippen molar-refractivity contribution in [2.24, 2.45) is 17.6 Å². The molecule has 0 saturated carbocycles. The zero-order valence-corrected chi connectivity index (χ0v) is 16.4. The van der Waals surface area contributed by atoms with Gasteiger partial charge in [-0.1, -0.05) is 13.0 Å². The molecule has 1 fully saturated rings. The fourth-order valence-corrected chi connectivity index (χ4v) is 3.22. The molecule has 2 rings (SSSR count). The number of primary amides is 1. The fourth-order valence-electron chi connectivity index (χ4n) is 3.22. The molecule has 1 heterocycles. The van der Waals surface area contributed by atoms with Gasteiger partial charge in [0.1, 0.15) is 0 Å². The lowest BCUT2D eigenvalue weighted by atomic mass is 9.84. The summed E-state index contributed by atoms with van der Waals surface area (Å²) in [7, 11) is 0. The largest absolute Gasteiger partial charge is 0.370 e. The van der Waals surface area contributed by atoms with Gasteiger partial charge >= 0.3 is 0 Å². The molecule has 8 heteroatoms. The molecular weight excluding hydrogens is 368 g/mol. The van der Waals surface area contributed by atoms with Crippen molar-refractivity contribution < 1.29 is 14.4 Å². The second-order valence-corrected chi connectivity index (χ2v) is 6.87. The van der Waals surface area contributed by atoms with Crippen LogP contribution in [-0.2, 0) is 9.59 Å². The van der Waals surface area contributed by atoms with E-state index in [0.717, 1.165) is 25.9 Å². The van der Waals surface area contributed by atoms with Gasteiger partial charge in [-0.2, -0.15) is 0 Å². The van der Waals surface area contributed by atoms with Crippen molar-refractivity contribution in [2.75, 3.05) is 25.0 Å². The van der Waals surface area contributed by atoms with Gasteiger partial charge in [0.25, 0.3) is 5.91 Å². The van der Waals surface area contributed by atoms with E-state index in [0.29, 0.717) is 29.5 Å². The first-order chi connectivity index (χ1) is 12.5. The standard InChI is InChI=1S/C19H28N4O3.ClH/c1-13(14-5-8-21-9-6-14)11-18(25)23-16-4-2-3-15(12-16)19(26)22-10-7-17(20)24;/h2-4,12-14,21H,5-11H2,1H3,(H2,20,24)(H,22,26)(H,23,25);1H. The highest BCUT2D eigenvalue weighted by Crippen LogP contribution is 2.24. The quantitative estimate of drug-likeness (QED) is 0.535. The summed E-state index contributed by atoms with van der Waals surface area (Å²) in [4.78, 5) is 35.1. The van der Waals surface area contributed by atoms with E-state index in [9.17, 15) is 14.4 Å².